The van der Waals surface area contributed by atoms with Crippen molar-refractivity contribution in [3.8, 4) is 5.75 Å². The van der Waals surface area contributed by atoms with Gasteiger partial charge in [-0.15, -0.1) is 0 Å². The number of hydrogen-bond donors (Lipinski definition) is 2. The number of aromatic amines is 1. The summed E-state index contributed by atoms with van der Waals surface area (Å²) >= 11 is 0. The quantitative estimate of drug-likeness (QED) is 0.737. The molecule has 0 unspecified atom stereocenters. The monoisotopic (exact) mass is 351 g/mol. The van der Waals surface area contributed by atoms with Crippen LogP contribution in [0.2, 0.25) is 0 Å². The predicted octanol–water partition coefficient (Wildman–Crippen LogP) is 3.49. The van der Waals surface area contributed by atoms with E-state index in [0.717, 1.165) is 5.56 Å². The molecule has 0 saturated carbocycles. The van der Waals surface area contributed by atoms with Crippen LogP contribution < -0.4 is 10.3 Å². The third kappa shape index (κ3) is 3.08. The van der Waals surface area contributed by atoms with E-state index in [4.69, 9.17) is 4.74 Å². The van der Waals surface area contributed by atoms with Gasteiger partial charge in [-0.3, -0.25) is 9.59 Å². The first-order chi connectivity index (χ1) is 12.3. The number of carboxylic acids is 1. The number of carboxylic acid groups (broad SMARTS) is 1. The standard InChI is InChI=1S/C21H21NO4/c1-21(2,13-7-5-4-6-8-13)19-16(12-18(23)24)15-10-9-14(26-3)11-17(15)22-20(19)25/h4-11H,12H2,1-3H3,(H,22,25)(H,23,24). The molecule has 0 aliphatic heterocycles. The Hall–Kier alpha value is -3.08. The molecule has 0 saturated heterocycles. The van der Waals surface area contributed by atoms with Crippen LogP contribution in [0.4, 0.5) is 0 Å². The SMILES string of the molecule is COc1ccc2c(CC(=O)O)c(C(C)(C)c3ccccc3)c(=O)[nH]c2c1. The molecule has 134 valence electrons. The summed E-state index contributed by atoms with van der Waals surface area (Å²) in [5, 5.41) is 10.2. The van der Waals surface area contributed by atoms with E-state index in [0.29, 0.717) is 27.8 Å². The Labute approximate surface area is 151 Å². The van der Waals surface area contributed by atoms with Crippen LogP contribution in [0, 0.1) is 0 Å². The number of pyridine rings is 1. The maximum absolute atomic E-state index is 13.0. The normalized spacial score (nSPS) is 11.5. The zero-order valence-electron chi connectivity index (χ0n) is 15.0. The molecule has 1 heterocycles. The summed E-state index contributed by atoms with van der Waals surface area (Å²) in [6.45, 7) is 3.88. The van der Waals surface area contributed by atoms with Gasteiger partial charge in [-0.25, -0.2) is 0 Å². The number of benzene rings is 2. The highest BCUT2D eigenvalue weighted by atomic mass is 16.5. The van der Waals surface area contributed by atoms with E-state index in [1.807, 2.05) is 44.2 Å². The number of aromatic nitrogens is 1. The molecule has 0 fully saturated rings. The summed E-state index contributed by atoms with van der Waals surface area (Å²) in [5.74, 6) is -0.373. The second-order valence-electron chi connectivity index (χ2n) is 6.78. The zero-order valence-corrected chi connectivity index (χ0v) is 15.0. The van der Waals surface area contributed by atoms with Gasteiger partial charge in [0, 0.05) is 22.4 Å². The number of nitrogens with one attached hydrogen (secondary N) is 1. The first-order valence-electron chi connectivity index (χ1n) is 8.35. The highest BCUT2D eigenvalue weighted by Gasteiger charge is 2.31. The highest BCUT2D eigenvalue weighted by Crippen LogP contribution is 2.34. The predicted molar refractivity (Wildman–Crippen MR) is 101 cm³/mol. The summed E-state index contributed by atoms with van der Waals surface area (Å²) in [6.07, 6.45) is -0.224. The Kier molecular flexibility index (Phi) is 4.55. The van der Waals surface area contributed by atoms with Gasteiger partial charge in [0.2, 0.25) is 0 Å². The van der Waals surface area contributed by atoms with Crippen molar-refractivity contribution in [2.75, 3.05) is 7.11 Å². The Morgan fingerprint density at radius 3 is 2.46 bits per heavy atom. The van der Waals surface area contributed by atoms with Gasteiger partial charge in [-0.05, 0) is 23.3 Å². The molecule has 0 aliphatic rings. The van der Waals surface area contributed by atoms with E-state index in [2.05, 4.69) is 4.98 Å². The number of aliphatic carboxylic acids is 1. The minimum absolute atomic E-state index is 0.224. The molecule has 3 aromatic rings. The second-order valence-corrected chi connectivity index (χ2v) is 6.78. The van der Waals surface area contributed by atoms with Crippen molar-refractivity contribution >= 4 is 16.9 Å². The summed E-state index contributed by atoms with van der Waals surface area (Å²) in [6, 6.07) is 14.9. The number of H-pyrrole nitrogens is 1. The van der Waals surface area contributed by atoms with Crippen molar-refractivity contribution in [2.45, 2.75) is 25.7 Å². The highest BCUT2D eigenvalue weighted by molar-refractivity contribution is 5.88. The van der Waals surface area contributed by atoms with E-state index in [1.165, 1.54) is 0 Å². The number of fused-ring (bicyclic) bond motifs is 1. The molecule has 26 heavy (non-hydrogen) atoms. The second kappa shape index (κ2) is 6.67. The number of ether oxygens (including phenoxy) is 1. The number of rotatable bonds is 5. The molecule has 2 N–H and O–H groups in total. The zero-order chi connectivity index (χ0) is 18.9. The summed E-state index contributed by atoms with van der Waals surface area (Å²) in [5.41, 5.74) is 1.60. The van der Waals surface area contributed by atoms with Crippen LogP contribution in [-0.4, -0.2) is 23.2 Å². The molecule has 0 amide bonds. The van der Waals surface area contributed by atoms with E-state index in [1.54, 1.807) is 25.3 Å². The molecule has 1 aromatic heterocycles. The van der Waals surface area contributed by atoms with Crippen molar-refractivity contribution in [3.63, 3.8) is 0 Å². The fourth-order valence-electron chi connectivity index (χ4n) is 3.47. The van der Waals surface area contributed by atoms with Crippen LogP contribution in [0.15, 0.2) is 53.3 Å². The van der Waals surface area contributed by atoms with Gasteiger partial charge in [0.15, 0.2) is 0 Å². The molecule has 0 radical (unpaired) electrons. The molecular weight excluding hydrogens is 330 g/mol. The van der Waals surface area contributed by atoms with Crippen LogP contribution in [0.3, 0.4) is 0 Å². The van der Waals surface area contributed by atoms with E-state index >= 15 is 0 Å². The lowest BCUT2D eigenvalue weighted by Gasteiger charge is -2.28. The maximum Gasteiger partial charge on any atom is 0.307 e. The number of carbonyl (C=O) groups is 1. The first-order valence-corrected chi connectivity index (χ1v) is 8.35. The van der Waals surface area contributed by atoms with Crippen molar-refractivity contribution in [1.29, 1.82) is 0 Å². The molecule has 0 aliphatic carbocycles. The molecule has 0 atom stereocenters. The van der Waals surface area contributed by atoms with Gasteiger partial charge in [0.1, 0.15) is 5.75 Å². The molecule has 5 nitrogen and oxygen atoms in total. The average Bonchev–Trinajstić information content (AvgIpc) is 2.61. The van der Waals surface area contributed by atoms with E-state index in [-0.39, 0.29) is 12.0 Å². The first kappa shape index (κ1) is 17.7. The molecule has 2 aromatic carbocycles. The largest absolute Gasteiger partial charge is 0.497 e. The van der Waals surface area contributed by atoms with Gasteiger partial charge >= 0.3 is 5.97 Å². The summed E-state index contributed by atoms with van der Waals surface area (Å²) < 4.78 is 5.21. The van der Waals surface area contributed by atoms with Crippen LogP contribution >= 0.6 is 0 Å². The summed E-state index contributed by atoms with van der Waals surface area (Å²) in [4.78, 5) is 27.4. The minimum Gasteiger partial charge on any atom is -0.497 e. The Morgan fingerprint density at radius 1 is 1.15 bits per heavy atom. The summed E-state index contributed by atoms with van der Waals surface area (Å²) in [7, 11) is 1.55. The van der Waals surface area contributed by atoms with Crippen molar-refractivity contribution in [3.05, 3.63) is 75.6 Å². The maximum atomic E-state index is 13.0. The number of methoxy groups -OCH3 is 1. The van der Waals surface area contributed by atoms with E-state index < -0.39 is 11.4 Å². The lowest BCUT2D eigenvalue weighted by Crippen LogP contribution is -2.31. The minimum atomic E-state index is -0.974. The Balaban J connectivity index is 2.35. The van der Waals surface area contributed by atoms with Gasteiger partial charge in [0.05, 0.1) is 19.0 Å². The fourth-order valence-corrected chi connectivity index (χ4v) is 3.47. The lowest BCUT2D eigenvalue weighted by molar-refractivity contribution is -0.136. The van der Waals surface area contributed by atoms with Gasteiger partial charge in [0.25, 0.3) is 5.56 Å². The van der Waals surface area contributed by atoms with Gasteiger partial charge in [-0.2, -0.15) is 0 Å². The lowest BCUT2D eigenvalue weighted by atomic mass is 9.75. The Bertz CT molecular complexity index is 1020. The smallest absolute Gasteiger partial charge is 0.307 e. The third-order valence-electron chi connectivity index (χ3n) is 4.78. The molecule has 5 heteroatoms. The fraction of sp³-hybridized carbons (Fsp3) is 0.238. The molecule has 0 spiro atoms. The number of hydrogen-bond acceptors (Lipinski definition) is 3. The van der Waals surface area contributed by atoms with Gasteiger partial charge in [-0.1, -0.05) is 44.2 Å². The van der Waals surface area contributed by atoms with Crippen LogP contribution in [-0.2, 0) is 16.6 Å². The average molecular weight is 351 g/mol. The van der Waals surface area contributed by atoms with Crippen molar-refractivity contribution in [2.24, 2.45) is 0 Å². The van der Waals surface area contributed by atoms with Crippen LogP contribution in [0.1, 0.15) is 30.5 Å². The van der Waals surface area contributed by atoms with Crippen LogP contribution in [0.5, 0.6) is 5.75 Å². The van der Waals surface area contributed by atoms with E-state index in [9.17, 15) is 14.7 Å². The third-order valence-corrected chi connectivity index (χ3v) is 4.78. The molecule has 3 rings (SSSR count). The topological polar surface area (TPSA) is 79.4 Å². The van der Waals surface area contributed by atoms with Crippen molar-refractivity contribution in [1.82, 2.24) is 4.98 Å². The van der Waals surface area contributed by atoms with Gasteiger partial charge < -0.3 is 14.8 Å². The van der Waals surface area contributed by atoms with Crippen LogP contribution in [0.25, 0.3) is 10.9 Å². The van der Waals surface area contributed by atoms with Crippen molar-refractivity contribution < 1.29 is 14.6 Å². The molecule has 0 bridgehead atoms. The Morgan fingerprint density at radius 2 is 1.85 bits per heavy atom. The molecular formula is C21H21NO4.